The van der Waals surface area contributed by atoms with Gasteiger partial charge in [-0.1, -0.05) is 12.2 Å². The molecule has 1 aliphatic rings. The summed E-state index contributed by atoms with van der Waals surface area (Å²) in [5.74, 6) is 0.534. The lowest BCUT2D eigenvalue weighted by molar-refractivity contribution is -0.0375. The minimum absolute atomic E-state index is 0.265. The molecular formula is C10H16O. The van der Waals surface area contributed by atoms with Crippen molar-refractivity contribution in [3.8, 4) is 0 Å². The Morgan fingerprint density at radius 2 is 2.00 bits per heavy atom. The molecule has 1 fully saturated rings. The van der Waals surface area contributed by atoms with Crippen molar-refractivity contribution in [3.05, 3.63) is 25.3 Å². The van der Waals surface area contributed by atoms with Crippen molar-refractivity contribution in [2.24, 2.45) is 5.92 Å². The minimum atomic E-state index is 0.265. The molecule has 0 unspecified atom stereocenters. The molecule has 0 aromatic rings. The Bertz CT molecular complexity index is 151. The van der Waals surface area contributed by atoms with Crippen LogP contribution in [0.3, 0.4) is 0 Å². The van der Waals surface area contributed by atoms with Gasteiger partial charge in [0.2, 0.25) is 0 Å². The van der Waals surface area contributed by atoms with Crippen molar-refractivity contribution in [1.29, 1.82) is 0 Å². The van der Waals surface area contributed by atoms with Crippen LogP contribution in [-0.2, 0) is 4.74 Å². The normalized spacial score (nSPS) is 38.1. The Kier molecular flexibility index (Phi) is 2.89. The topological polar surface area (TPSA) is 9.23 Å². The van der Waals surface area contributed by atoms with E-state index in [1.54, 1.807) is 0 Å². The van der Waals surface area contributed by atoms with Gasteiger partial charge in [0, 0.05) is 5.92 Å². The average molecular weight is 152 g/mol. The second-order valence-corrected chi connectivity index (χ2v) is 3.09. The smallest absolute Gasteiger partial charge is 0.0757 e. The second kappa shape index (κ2) is 3.72. The molecule has 11 heavy (non-hydrogen) atoms. The summed E-state index contributed by atoms with van der Waals surface area (Å²) in [5, 5.41) is 0. The molecule has 1 aliphatic heterocycles. The van der Waals surface area contributed by atoms with E-state index in [0.717, 1.165) is 6.42 Å². The van der Waals surface area contributed by atoms with E-state index >= 15 is 0 Å². The Labute approximate surface area is 68.8 Å². The molecule has 0 spiro atoms. The van der Waals surface area contributed by atoms with Crippen LogP contribution in [0.2, 0.25) is 0 Å². The van der Waals surface area contributed by atoms with Crippen LogP contribution in [-0.4, -0.2) is 12.2 Å². The number of hydrogen-bond donors (Lipinski definition) is 0. The minimum Gasteiger partial charge on any atom is -0.371 e. The third kappa shape index (κ3) is 1.93. The highest BCUT2D eigenvalue weighted by molar-refractivity contribution is 4.92. The molecule has 0 amide bonds. The Morgan fingerprint density at radius 3 is 2.45 bits per heavy atom. The summed E-state index contributed by atoms with van der Waals surface area (Å²) in [7, 11) is 0. The first-order valence-corrected chi connectivity index (χ1v) is 4.18. The first-order valence-electron chi connectivity index (χ1n) is 4.18. The third-order valence-electron chi connectivity index (χ3n) is 2.34. The molecule has 0 saturated carbocycles. The van der Waals surface area contributed by atoms with Gasteiger partial charge in [-0.15, -0.1) is 13.2 Å². The molecule has 62 valence electrons. The van der Waals surface area contributed by atoms with Crippen LogP contribution in [0.5, 0.6) is 0 Å². The highest BCUT2D eigenvalue weighted by Gasteiger charge is 2.23. The summed E-state index contributed by atoms with van der Waals surface area (Å²) in [6, 6.07) is 0. The summed E-state index contributed by atoms with van der Waals surface area (Å²) in [4.78, 5) is 0. The third-order valence-corrected chi connectivity index (χ3v) is 2.34. The van der Waals surface area contributed by atoms with Crippen molar-refractivity contribution >= 4 is 0 Å². The summed E-state index contributed by atoms with van der Waals surface area (Å²) in [6.07, 6.45) is 6.72. The molecule has 1 saturated heterocycles. The Morgan fingerprint density at radius 1 is 1.27 bits per heavy atom. The van der Waals surface area contributed by atoms with Gasteiger partial charge in [-0.3, -0.25) is 0 Å². The number of ether oxygens (including phenoxy) is 1. The van der Waals surface area contributed by atoms with Crippen molar-refractivity contribution in [3.63, 3.8) is 0 Å². The summed E-state index contributed by atoms with van der Waals surface area (Å²) < 4.78 is 5.65. The molecule has 1 heterocycles. The molecule has 0 aliphatic carbocycles. The fraction of sp³-hybridized carbons (Fsp3) is 0.600. The zero-order chi connectivity index (χ0) is 8.27. The molecule has 3 atom stereocenters. The van der Waals surface area contributed by atoms with Crippen LogP contribution < -0.4 is 0 Å². The van der Waals surface area contributed by atoms with E-state index in [0.29, 0.717) is 12.0 Å². The van der Waals surface area contributed by atoms with E-state index in [1.807, 2.05) is 12.2 Å². The van der Waals surface area contributed by atoms with E-state index in [-0.39, 0.29) is 6.10 Å². The van der Waals surface area contributed by atoms with E-state index in [2.05, 4.69) is 20.1 Å². The standard InChI is InChI=1S/C10H16O/c1-4-9-6-7-10(5-2)11-8(9)3/h4-5,8-10H,1-2,6-7H2,3H3/t8-,9-,10+/m1/s1. The molecule has 0 radical (unpaired) electrons. The number of rotatable bonds is 2. The van der Waals surface area contributed by atoms with E-state index in [9.17, 15) is 0 Å². The zero-order valence-electron chi connectivity index (χ0n) is 7.12. The fourth-order valence-electron chi connectivity index (χ4n) is 1.52. The molecule has 0 aromatic heterocycles. The van der Waals surface area contributed by atoms with Crippen LogP contribution in [0.1, 0.15) is 19.8 Å². The van der Waals surface area contributed by atoms with Crippen molar-refractivity contribution in [2.75, 3.05) is 0 Å². The maximum absolute atomic E-state index is 5.65. The van der Waals surface area contributed by atoms with Crippen molar-refractivity contribution in [2.45, 2.75) is 32.0 Å². The molecule has 0 aromatic carbocycles. The van der Waals surface area contributed by atoms with Crippen molar-refractivity contribution < 1.29 is 4.74 Å². The second-order valence-electron chi connectivity index (χ2n) is 3.09. The van der Waals surface area contributed by atoms with E-state index in [4.69, 9.17) is 4.74 Å². The molecule has 1 nitrogen and oxygen atoms in total. The first kappa shape index (κ1) is 8.54. The van der Waals surface area contributed by atoms with Gasteiger partial charge in [-0.2, -0.15) is 0 Å². The monoisotopic (exact) mass is 152 g/mol. The molecule has 1 rings (SSSR count). The lowest BCUT2D eigenvalue weighted by Gasteiger charge is -2.31. The fourth-order valence-corrected chi connectivity index (χ4v) is 1.52. The summed E-state index contributed by atoms with van der Waals surface area (Å²) >= 11 is 0. The van der Waals surface area contributed by atoms with Crippen molar-refractivity contribution in [1.82, 2.24) is 0 Å². The maximum atomic E-state index is 5.65. The van der Waals surface area contributed by atoms with Crippen LogP contribution >= 0.6 is 0 Å². The molecule has 0 bridgehead atoms. The first-order chi connectivity index (χ1) is 5.27. The predicted molar refractivity (Wildman–Crippen MR) is 47.5 cm³/mol. The number of hydrogen-bond acceptors (Lipinski definition) is 1. The molecule has 1 heteroatoms. The Balaban J connectivity index is 2.46. The van der Waals surface area contributed by atoms with Gasteiger partial charge in [0.25, 0.3) is 0 Å². The van der Waals surface area contributed by atoms with Gasteiger partial charge in [-0.25, -0.2) is 0 Å². The predicted octanol–water partition coefficient (Wildman–Crippen LogP) is 2.54. The lowest BCUT2D eigenvalue weighted by atomic mass is 9.93. The van der Waals surface area contributed by atoms with Gasteiger partial charge in [-0.05, 0) is 19.8 Å². The quantitative estimate of drug-likeness (QED) is 0.552. The van der Waals surface area contributed by atoms with Crippen LogP contribution in [0.25, 0.3) is 0 Å². The van der Waals surface area contributed by atoms with E-state index in [1.165, 1.54) is 6.42 Å². The van der Waals surface area contributed by atoms with Gasteiger partial charge in [0.05, 0.1) is 12.2 Å². The van der Waals surface area contributed by atoms with Crippen LogP contribution in [0, 0.1) is 5.92 Å². The molecular weight excluding hydrogens is 136 g/mol. The SMILES string of the molecule is C=C[C@@H]1CC[C@H](C=C)O[C@@H]1C. The van der Waals surface area contributed by atoms with Gasteiger partial charge in [0.1, 0.15) is 0 Å². The van der Waals surface area contributed by atoms with E-state index < -0.39 is 0 Å². The van der Waals surface area contributed by atoms with Gasteiger partial charge < -0.3 is 4.74 Å². The highest BCUT2D eigenvalue weighted by atomic mass is 16.5. The highest BCUT2D eigenvalue weighted by Crippen LogP contribution is 2.25. The summed E-state index contributed by atoms with van der Waals surface area (Å²) in [5.41, 5.74) is 0. The summed E-state index contributed by atoms with van der Waals surface area (Å²) in [6.45, 7) is 9.60. The average Bonchev–Trinajstić information content (AvgIpc) is 2.04. The van der Waals surface area contributed by atoms with Gasteiger partial charge in [0.15, 0.2) is 0 Å². The largest absolute Gasteiger partial charge is 0.371 e. The lowest BCUT2D eigenvalue weighted by Crippen LogP contribution is -2.30. The van der Waals surface area contributed by atoms with Crippen LogP contribution in [0.15, 0.2) is 25.3 Å². The maximum Gasteiger partial charge on any atom is 0.0757 e. The molecule has 0 N–H and O–H groups in total. The Hall–Kier alpha value is -0.560. The van der Waals surface area contributed by atoms with Crippen LogP contribution in [0.4, 0.5) is 0 Å². The van der Waals surface area contributed by atoms with Gasteiger partial charge >= 0.3 is 0 Å². The zero-order valence-corrected chi connectivity index (χ0v) is 7.12.